The number of hydrogen-bond acceptors (Lipinski definition) is 4. The zero-order chi connectivity index (χ0) is 14.1. The van der Waals surface area contributed by atoms with Crippen LogP contribution >= 0.6 is 11.3 Å². The molecular formula is C16H18N2OS. The molecule has 1 unspecified atom stereocenters. The number of hydrogen-bond donors (Lipinski definition) is 0. The average molecular weight is 286 g/mol. The zero-order valence-corrected chi connectivity index (χ0v) is 12.6. The number of thiazole rings is 1. The molecule has 20 heavy (non-hydrogen) atoms. The van der Waals surface area contributed by atoms with E-state index in [0.29, 0.717) is 5.92 Å². The van der Waals surface area contributed by atoms with Gasteiger partial charge in [-0.25, -0.2) is 4.98 Å². The molecule has 1 atom stereocenters. The van der Waals surface area contributed by atoms with Crippen LogP contribution < -0.4 is 4.90 Å². The number of anilines is 1. The normalized spacial score (nSPS) is 18.5. The fourth-order valence-corrected chi connectivity index (χ4v) is 3.77. The third-order valence-electron chi connectivity index (χ3n) is 3.83. The SMILES string of the molecule is CC(=O)c1sc(N2CCC(c3ccccc3)C2)nc1C. The topological polar surface area (TPSA) is 33.2 Å². The lowest BCUT2D eigenvalue weighted by Gasteiger charge is -2.15. The minimum Gasteiger partial charge on any atom is -0.347 e. The van der Waals surface area contributed by atoms with Crippen LogP contribution in [-0.2, 0) is 0 Å². The number of carbonyl (C=O) groups excluding carboxylic acids is 1. The highest BCUT2D eigenvalue weighted by Gasteiger charge is 2.26. The molecule has 104 valence electrons. The Morgan fingerprint density at radius 3 is 2.75 bits per heavy atom. The van der Waals surface area contributed by atoms with Crippen LogP contribution in [0, 0.1) is 6.92 Å². The van der Waals surface area contributed by atoms with Crippen LogP contribution in [0.15, 0.2) is 30.3 Å². The summed E-state index contributed by atoms with van der Waals surface area (Å²) in [7, 11) is 0. The first-order chi connectivity index (χ1) is 9.65. The van der Waals surface area contributed by atoms with Crippen LogP contribution in [0.4, 0.5) is 5.13 Å². The Hall–Kier alpha value is -1.68. The van der Waals surface area contributed by atoms with Crippen LogP contribution in [-0.4, -0.2) is 23.9 Å². The summed E-state index contributed by atoms with van der Waals surface area (Å²) in [6.07, 6.45) is 1.15. The van der Waals surface area contributed by atoms with E-state index in [1.165, 1.54) is 16.9 Å². The Balaban J connectivity index is 1.77. The van der Waals surface area contributed by atoms with Crippen molar-refractivity contribution in [3.8, 4) is 0 Å². The number of carbonyl (C=O) groups is 1. The van der Waals surface area contributed by atoms with Crippen molar-refractivity contribution in [2.45, 2.75) is 26.2 Å². The molecule has 0 spiro atoms. The molecular weight excluding hydrogens is 268 g/mol. The molecule has 4 heteroatoms. The van der Waals surface area contributed by atoms with Crippen molar-refractivity contribution >= 4 is 22.3 Å². The Morgan fingerprint density at radius 2 is 2.10 bits per heavy atom. The van der Waals surface area contributed by atoms with Gasteiger partial charge in [-0.3, -0.25) is 4.79 Å². The standard InChI is InChI=1S/C16H18N2OS/c1-11-15(12(2)19)20-16(17-11)18-9-8-14(10-18)13-6-4-3-5-7-13/h3-7,14H,8-10H2,1-2H3. The molecule has 1 saturated heterocycles. The quantitative estimate of drug-likeness (QED) is 0.808. The van der Waals surface area contributed by atoms with Gasteiger partial charge >= 0.3 is 0 Å². The molecule has 2 heterocycles. The van der Waals surface area contributed by atoms with Gasteiger partial charge < -0.3 is 4.90 Å². The van der Waals surface area contributed by atoms with Gasteiger partial charge in [0.15, 0.2) is 10.9 Å². The van der Waals surface area contributed by atoms with Gasteiger partial charge in [0, 0.05) is 25.9 Å². The van der Waals surface area contributed by atoms with Crippen LogP contribution in [0.3, 0.4) is 0 Å². The summed E-state index contributed by atoms with van der Waals surface area (Å²) in [5.74, 6) is 0.686. The smallest absolute Gasteiger partial charge is 0.186 e. The van der Waals surface area contributed by atoms with E-state index in [1.807, 2.05) is 6.92 Å². The molecule has 1 aromatic carbocycles. The summed E-state index contributed by atoms with van der Waals surface area (Å²) in [4.78, 5) is 19.2. The molecule has 1 aliphatic rings. The predicted octanol–water partition coefficient (Wildman–Crippen LogP) is 3.65. The van der Waals surface area contributed by atoms with E-state index in [9.17, 15) is 4.79 Å². The van der Waals surface area contributed by atoms with Gasteiger partial charge in [0.1, 0.15) is 0 Å². The first kappa shape index (κ1) is 13.3. The molecule has 0 aliphatic carbocycles. The lowest BCUT2D eigenvalue weighted by molar-refractivity contribution is 0.102. The highest BCUT2D eigenvalue weighted by atomic mass is 32.1. The van der Waals surface area contributed by atoms with Crippen molar-refractivity contribution in [1.29, 1.82) is 0 Å². The average Bonchev–Trinajstić information content (AvgIpc) is 3.06. The van der Waals surface area contributed by atoms with Gasteiger partial charge in [-0.15, -0.1) is 0 Å². The molecule has 1 fully saturated rings. The van der Waals surface area contributed by atoms with E-state index in [4.69, 9.17) is 0 Å². The Bertz CT molecular complexity index is 621. The fourth-order valence-electron chi connectivity index (χ4n) is 2.78. The second kappa shape index (κ2) is 5.37. The number of rotatable bonds is 3. The van der Waals surface area contributed by atoms with E-state index in [1.54, 1.807) is 6.92 Å². The van der Waals surface area contributed by atoms with Crippen molar-refractivity contribution < 1.29 is 4.79 Å². The van der Waals surface area contributed by atoms with Crippen molar-refractivity contribution in [3.63, 3.8) is 0 Å². The highest BCUT2D eigenvalue weighted by Crippen LogP contribution is 2.34. The maximum Gasteiger partial charge on any atom is 0.186 e. The Morgan fingerprint density at radius 1 is 1.35 bits per heavy atom. The van der Waals surface area contributed by atoms with Crippen molar-refractivity contribution in [2.24, 2.45) is 0 Å². The first-order valence-electron chi connectivity index (χ1n) is 6.93. The van der Waals surface area contributed by atoms with Gasteiger partial charge in [-0.2, -0.15) is 0 Å². The summed E-state index contributed by atoms with van der Waals surface area (Å²) < 4.78 is 0. The predicted molar refractivity (Wildman–Crippen MR) is 82.9 cm³/mol. The van der Waals surface area contributed by atoms with Crippen molar-refractivity contribution in [3.05, 3.63) is 46.5 Å². The third-order valence-corrected chi connectivity index (χ3v) is 5.15. The molecule has 0 bridgehead atoms. The highest BCUT2D eigenvalue weighted by molar-refractivity contribution is 7.17. The largest absolute Gasteiger partial charge is 0.347 e. The molecule has 0 radical (unpaired) electrons. The molecule has 1 aliphatic heterocycles. The minimum absolute atomic E-state index is 0.116. The number of Topliss-reactive ketones (excluding diaryl/α,β-unsaturated/α-hetero) is 1. The summed E-state index contributed by atoms with van der Waals surface area (Å²) in [5.41, 5.74) is 2.26. The first-order valence-corrected chi connectivity index (χ1v) is 7.75. The molecule has 0 N–H and O–H groups in total. The maximum absolute atomic E-state index is 11.5. The number of ketones is 1. The monoisotopic (exact) mass is 286 g/mol. The summed E-state index contributed by atoms with van der Waals surface area (Å²) >= 11 is 1.53. The van der Waals surface area contributed by atoms with Gasteiger partial charge in [0.2, 0.25) is 0 Å². The van der Waals surface area contributed by atoms with E-state index < -0.39 is 0 Å². The second-order valence-electron chi connectivity index (χ2n) is 5.31. The molecule has 0 amide bonds. The molecule has 1 aromatic heterocycles. The van der Waals surface area contributed by atoms with Crippen molar-refractivity contribution in [2.75, 3.05) is 18.0 Å². The van der Waals surface area contributed by atoms with E-state index >= 15 is 0 Å². The number of aromatic nitrogens is 1. The van der Waals surface area contributed by atoms with E-state index in [-0.39, 0.29) is 5.78 Å². The molecule has 2 aromatic rings. The van der Waals surface area contributed by atoms with Crippen molar-refractivity contribution in [1.82, 2.24) is 4.98 Å². The van der Waals surface area contributed by atoms with E-state index in [0.717, 1.165) is 35.2 Å². The molecule has 0 saturated carbocycles. The zero-order valence-electron chi connectivity index (χ0n) is 11.8. The third kappa shape index (κ3) is 2.48. The number of nitrogens with zero attached hydrogens (tertiary/aromatic N) is 2. The van der Waals surface area contributed by atoms with Gasteiger partial charge in [0.05, 0.1) is 10.6 Å². The summed E-state index contributed by atoms with van der Waals surface area (Å²) in [6, 6.07) is 10.6. The minimum atomic E-state index is 0.116. The summed E-state index contributed by atoms with van der Waals surface area (Å²) in [5, 5.41) is 0.992. The fraction of sp³-hybridized carbons (Fsp3) is 0.375. The number of aryl methyl sites for hydroxylation is 1. The second-order valence-corrected chi connectivity index (χ2v) is 6.29. The Labute approximate surface area is 123 Å². The van der Waals surface area contributed by atoms with Crippen LogP contribution in [0.1, 0.15) is 40.2 Å². The molecule has 3 nitrogen and oxygen atoms in total. The Kier molecular flexibility index (Phi) is 3.57. The van der Waals surface area contributed by atoms with Crippen LogP contribution in [0.2, 0.25) is 0 Å². The van der Waals surface area contributed by atoms with Crippen LogP contribution in [0.25, 0.3) is 0 Å². The molecule has 3 rings (SSSR count). The lowest BCUT2D eigenvalue weighted by atomic mass is 9.99. The maximum atomic E-state index is 11.5. The van der Waals surface area contributed by atoms with Gasteiger partial charge in [0.25, 0.3) is 0 Å². The lowest BCUT2D eigenvalue weighted by Crippen LogP contribution is -2.18. The van der Waals surface area contributed by atoms with Gasteiger partial charge in [-0.05, 0) is 18.9 Å². The number of benzene rings is 1. The van der Waals surface area contributed by atoms with Crippen LogP contribution in [0.5, 0.6) is 0 Å². The van der Waals surface area contributed by atoms with Gasteiger partial charge in [-0.1, -0.05) is 41.7 Å². The summed E-state index contributed by atoms with van der Waals surface area (Å²) in [6.45, 7) is 5.54. The van der Waals surface area contributed by atoms with E-state index in [2.05, 4.69) is 40.2 Å².